The molecule has 0 fully saturated rings. The van der Waals surface area contributed by atoms with Crippen LogP contribution in [0.3, 0.4) is 0 Å². The summed E-state index contributed by atoms with van der Waals surface area (Å²) in [6.45, 7) is 0.0263. The van der Waals surface area contributed by atoms with E-state index in [9.17, 15) is 19.5 Å². The van der Waals surface area contributed by atoms with E-state index in [1.54, 1.807) is 42.5 Å². The topological polar surface area (TPSA) is 97.6 Å². The molecule has 0 spiro atoms. The molecule has 0 unspecified atom stereocenters. The molecule has 0 saturated heterocycles. The van der Waals surface area contributed by atoms with Gasteiger partial charge in [0.15, 0.2) is 0 Å². The molecule has 0 aliphatic carbocycles. The Morgan fingerprint density at radius 1 is 1.00 bits per heavy atom. The number of carbonyl (C=O) groups excluding carboxylic acids is 1. The van der Waals surface area contributed by atoms with Crippen LogP contribution >= 0.6 is 15.9 Å². The summed E-state index contributed by atoms with van der Waals surface area (Å²) in [6.07, 6.45) is 0. The summed E-state index contributed by atoms with van der Waals surface area (Å²) in [7, 11) is 1.34. The number of fused-ring (bicyclic) bond motifs is 1. The van der Waals surface area contributed by atoms with Crippen molar-refractivity contribution in [1.29, 1.82) is 0 Å². The Morgan fingerprint density at radius 3 is 2.33 bits per heavy atom. The van der Waals surface area contributed by atoms with Crippen LogP contribution in [-0.4, -0.2) is 28.7 Å². The maximum absolute atomic E-state index is 13.4. The summed E-state index contributed by atoms with van der Waals surface area (Å²) in [4.78, 5) is 42.4. The van der Waals surface area contributed by atoms with E-state index in [0.717, 1.165) is 4.47 Å². The van der Waals surface area contributed by atoms with E-state index in [1.807, 2.05) is 30.3 Å². The maximum atomic E-state index is 13.4. The second kappa shape index (κ2) is 9.40. The van der Waals surface area contributed by atoms with Gasteiger partial charge in [0.1, 0.15) is 5.69 Å². The molecule has 166 valence electrons. The lowest BCUT2D eigenvalue weighted by atomic mass is 9.96. The number of aromatic carboxylic acids is 1. The number of carboxylic acids is 1. The van der Waals surface area contributed by atoms with E-state index in [0.29, 0.717) is 33.0 Å². The van der Waals surface area contributed by atoms with Gasteiger partial charge in [0.25, 0.3) is 11.5 Å². The lowest BCUT2D eigenvalue weighted by molar-refractivity contribution is 0.0537. The van der Waals surface area contributed by atoms with Gasteiger partial charge in [-0.2, -0.15) is 0 Å². The lowest BCUT2D eigenvalue weighted by Crippen LogP contribution is -2.28. The van der Waals surface area contributed by atoms with Crippen molar-refractivity contribution in [2.45, 2.75) is 6.54 Å². The highest BCUT2D eigenvalue weighted by molar-refractivity contribution is 9.10. The van der Waals surface area contributed by atoms with Crippen LogP contribution < -0.4 is 11.0 Å². The molecular weight excluding hydrogens is 488 g/mol. The SMILES string of the molecule is CONC(=O)c1ccc(Cn2c(C(=O)O)c(-c3ccccc3)c3cc(Br)ccc3c2=O)cc1. The minimum Gasteiger partial charge on any atom is -0.477 e. The van der Waals surface area contributed by atoms with Crippen LogP contribution in [-0.2, 0) is 11.4 Å². The van der Waals surface area contributed by atoms with Crippen LogP contribution in [0.2, 0.25) is 0 Å². The first kappa shape index (κ1) is 22.4. The standard InChI is InChI=1S/C25H19BrN2O5/c1-33-27-23(29)17-9-7-15(8-10-17)14-28-22(25(31)32)21(16-5-3-2-4-6-16)20-13-18(26)11-12-19(20)24(28)30/h2-13H,14H2,1H3,(H,27,29)(H,31,32). The summed E-state index contributed by atoms with van der Waals surface area (Å²) in [5.74, 6) is -1.61. The normalized spacial score (nSPS) is 10.8. The highest BCUT2D eigenvalue weighted by Gasteiger charge is 2.23. The number of benzene rings is 3. The van der Waals surface area contributed by atoms with Gasteiger partial charge in [0.2, 0.25) is 0 Å². The summed E-state index contributed by atoms with van der Waals surface area (Å²) in [5, 5.41) is 11.1. The van der Waals surface area contributed by atoms with Gasteiger partial charge in [0, 0.05) is 21.0 Å². The van der Waals surface area contributed by atoms with Gasteiger partial charge in [-0.1, -0.05) is 58.4 Å². The van der Waals surface area contributed by atoms with Crippen molar-refractivity contribution in [3.8, 4) is 11.1 Å². The fraction of sp³-hybridized carbons (Fsp3) is 0.0800. The molecule has 0 saturated carbocycles. The molecule has 0 aliphatic heterocycles. The molecule has 0 atom stereocenters. The highest BCUT2D eigenvalue weighted by Crippen LogP contribution is 2.32. The Balaban J connectivity index is 1.93. The third kappa shape index (κ3) is 4.44. The number of carbonyl (C=O) groups is 2. The molecule has 1 amide bonds. The van der Waals surface area contributed by atoms with Crippen molar-refractivity contribution in [1.82, 2.24) is 10.0 Å². The van der Waals surface area contributed by atoms with Crippen molar-refractivity contribution >= 4 is 38.6 Å². The first-order valence-electron chi connectivity index (χ1n) is 9.97. The van der Waals surface area contributed by atoms with E-state index in [-0.39, 0.29) is 12.2 Å². The Labute approximate surface area is 197 Å². The average Bonchev–Trinajstić information content (AvgIpc) is 2.81. The zero-order valence-electron chi connectivity index (χ0n) is 17.5. The smallest absolute Gasteiger partial charge is 0.353 e. The van der Waals surface area contributed by atoms with Crippen molar-refractivity contribution in [2.24, 2.45) is 0 Å². The van der Waals surface area contributed by atoms with Crippen LogP contribution in [0.15, 0.2) is 82.1 Å². The number of hydrogen-bond donors (Lipinski definition) is 2. The zero-order valence-corrected chi connectivity index (χ0v) is 19.1. The molecule has 0 radical (unpaired) electrons. The summed E-state index contributed by atoms with van der Waals surface area (Å²) in [6, 6.07) is 20.9. The number of aromatic nitrogens is 1. The Hall–Kier alpha value is -3.75. The predicted molar refractivity (Wildman–Crippen MR) is 128 cm³/mol. The number of pyridine rings is 1. The van der Waals surface area contributed by atoms with E-state index >= 15 is 0 Å². The van der Waals surface area contributed by atoms with Crippen LogP contribution in [0.25, 0.3) is 21.9 Å². The molecule has 1 heterocycles. The van der Waals surface area contributed by atoms with Gasteiger partial charge in [0.05, 0.1) is 13.7 Å². The summed E-state index contributed by atoms with van der Waals surface area (Å²) in [5.41, 5.74) is 3.94. The first-order chi connectivity index (χ1) is 15.9. The minimum atomic E-state index is -1.20. The molecule has 4 rings (SSSR count). The van der Waals surface area contributed by atoms with Crippen LogP contribution in [0, 0.1) is 0 Å². The number of nitrogens with one attached hydrogen (secondary N) is 1. The Bertz CT molecular complexity index is 1410. The molecule has 1 aromatic heterocycles. The number of rotatable bonds is 6. The average molecular weight is 507 g/mol. The molecule has 8 heteroatoms. The molecule has 4 aromatic rings. The fourth-order valence-corrected chi connectivity index (χ4v) is 4.15. The largest absolute Gasteiger partial charge is 0.477 e. The van der Waals surface area contributed by atoms with Crippen LogP contribution in [0.1, 0.15) is 26.4 Å². The van der Waals surface area contributed by atoms with E-state index in [2.05, 4.69) is 26.2 Å². The first-order valence-corrected chi connectivity index (χ1v) is 10.8. The number of hydrogen-bond acceptors (Lipinski definition) is 4. The predicted octanol–water partition coefficient (Wildman–Crippen LogP) is 4.47. The maximum Gasteiger partial charge on any atom is 0.353 e. The molecular formula is C25H19BrN2O5. The monoisotopic (exact) mass is 506 g/mol. The second-order valence-electron chi connectivity index (χ2n) is 7.31. The molecule has 2 N–H and O–H groups in total. The Morgan fingerprint density at radius 2 is 1.70 bits per heavy atom. The molecule has 0 bridgehead atoms. The quantitative estimate of drug-likeness (QED) is 0.376. The third-order valence-electron chi connectivity index (χ3n) is 5.25. The van der Waals surface area contributed by atoms with Gasteiger partial charge in [-0.25, -0.2) is 10.3 Å². The van der Waals surface area contributed by atoms with Gasteiger partial charge >= 0.3 is 5.97 Å². The molecule has 33 heavy (non-hydrogen) atoms. The van der Waals surface area contributed by atoms with Gasteiger partial charge < -0.3 is 5.11 Å². The third-order valence-corrected chi connectivity index (χ3v) is 5.74. The lowest BCUT2D eigenvalue weighted by Gasteiger charge is -2.18. The fourth-order valence-electron chi connectivity index (χ4n) is 3.79. The minimum absolute atomic E-state index is 0.0263. The van der Waals surface area contributed by atoms with Crippen molar-refractivity contribution in [2.75, 3.05) is 7.11 Å². The van der Waals surface area contributed by atoms with E-state index in [4.69, 9.17) is 0 Å². The number of nitrogens with zero attached hydrogens (tertiary/aromatic N) is 1. The number of amides is 1. The summed E-state index contributed by atoms with van der Waals surface area (Å²) >= 11 is 3.43. The summed E-state index contributed by atoms with van der Waals surface area (Å²) < 4.78 is 2.01. The van der Waals surface area contributed by atoms with Crippen LogP contribution in [0.5, 0.6) is 0 Å². The molecule has 7 nitrogen and oxygen atoms in total. The Kier molecular flexibility index (Phi) is 6.39. The van der Waals surface area contributed by atoms with Crippen molar-refractivity contribution < 1.29 is 19.5 Å². The van der Waals surface area contributed by atoms with Gasteiger partial charge in [-0.05, 0) is 46.8 Å². The van der Waals surface area contributed by atoms with Crippen molar-refractivity contribution in [3.63, 3.8) is 0 Å². The van der Waals surface area contributed by atoms with Crippen LogP contribution in [0.4, 0.5) is 0 Å². The molecule has 3 aromatic carbocycles. The highest BCUT2D eigenvalue weighted by atomic mass is 79.9. The molecule has 0 aliphatic rings. The van der Waals surface area contributed by atoms with Gasteiger partial charge in [-0.15, -0.1) is 0 Å². The number of halogens is 1. The van der Waals surface area contributed by atoms with Gasteiger partial charge in [-0.3, -0.25) is 19.0 Å². The van der Waals surface area contributed by atoms with E-state index in [1.165, 1.54) is 11.7 Å². The number of carboxylic acid groups (broad SMARTS) is 1. The van der Waals surface area contributed by atoms with E-state index < -0.39 is 17.4 Å². The van der Waals surface area contributed by atoms with Crippen molar-refractivity contribution in [3.05, 3.63) is 104 Å². The zero-order chi connectivity index (χ0) is 23.5. The number of hydroxylamine groups is 1. The second-order valence-corrected chi connectivity index (χ2v) is 8.22.